The lowest BCUT2D eigenvalue weighted by Crippen LogP contribution is -2.66. The summed E-state index contributed by atoms with van der Waals surface area (Å²) in [6.45, 7) is 7.42. The summed E-state index contributed by atoms with van der Waals surface area (Å²) in [5, 5.41) is 3.85. The molecule has 2 heteroatoms. The molecule has 2 saturated carbocycles. The fourth-order valence-corrected chi connectivity index (χ4v) is 4.47. The number of hydrogen-bond donors (Lipinski definition) is 1. The molecule has 1 aliphatic heterocycles. The first-order chi connectivity index (χ1) is 8.69. The molecular weight excluding hydrogens is 220 g/mol. The average molecular weight is 250 g/mol. The van der Waals surface area contributed by atoms with Crippen molar-refractivity contribution < 1.29 is 0 Å². The number of hydrogen-bond acceptors (Lipinski definition) is 2. The summed E-state index contributed by atoms with van der Waals surface area (Å²) in [4.78, 5) is 2.84. The van der Waals surface area contributed by atoms with Gasteiger partial charge in [0.25, 0.3) is 0 Å². The molecule has 1 saturated heterocycles. The fraction of sp³-hybridized carbons (Fsp3) is 1.00. The maximum atomic E-state index is 3.85. The lowest BCUT2D eigenvalue weighted by molar-refractivity contribution is -0.0318. The van der Waals surface area contributed by atoms with Gasteiger partial charge in [0.05, 0.1) is 0 Å². The van der Waals surface area contributed by atoms with Crippen LogP contribution in [0, 0.1) is 5.92 Å². The summed E-state index contributed by atoms with van der Waals surface area (Å²) in [7, 11) is 0. The van der Waals surface area contributed by atoms with Crippen molar-refractivity contribution in [1.82, 2.24) is 10.2 Å². The first-order valence-corrected chi connectivity index (χ1v) is 8.19. The van der Waals surface area contributed by atoms with E-state index >= 15 is 0 Å². The van der Waals surface area contributed by atoms with E-state index in [9.17, 15) is 0 Å². The molecule has 104 valence electrons. The molecule has 18 heavy (non-hydrogen) atoms. The van der Waals surface area contributed by atoms with E-state index in [1.807, 2.05) is 0 Å². The van der Waals surface area contributed by atoms with Crippen LogP contribution in [0.3, 0.4) is 0 Å². The summed E-state index contributed by atoms with van der Waals surface area (Å²) in [5.74, 6) is 0.956. The lowest BCUT2D eigenvalue weighted by Gasteiger charge is -2.55. The van der Waals surface area contributed by atoms with E-state index in [-0.39, 0.29) is 0 Å². The molecule has 0 spiro atoms. The molecule has 0 aromatic heterocycles. The quantitative estimate of drug-likeness (QED) is 0.810. The van der Waals surface area contributed by atoms with Gasteiger partial charge in [-0.15, -0.1) is 0 Å². The third-order valence-electron chi connectivity index (χ3n) is 5.94. The first-order valence-electron chi connectivity index (χ1n) is 8.19. The maximum absolute atomic E-state index is 3.85. The Hall–Kier alpha value is -0.0800. The summed E-state index contributed by atoms with van der Waals surface area (Å²) in [5.41, 5.74) is 0.536. The third-order valence-corrected chi connectivity index (χ3v) is 5.94. The molecule has 3 aliphatic rings. The SMILES string of the molecule is CC1CNC(C2CCCCC2)CN1C1(C)CCC1. The second-order valence-corrected chi connectivity index (χ2v) is 7.26. The Labute approximate surface area is 113 Å². The van der Waals surface area contributed by atoms with E-state index in [2.05, 4.69) is 24.1 Å². The molecule has 1 N–H and O–H groups in total. The van der Waals surface area contributed by atoms with Crippen LogP contribution in [-0.4, -0.2) is 35.6 Å². The van der Waals surface area contributed by atoms with Crippen molar-refractivity contribution in [2.24, 2.45) is 5.92 Å². The molecule has 2 nitrogen and oxygen atoms in total. The van der Waals surface area contributed by atoms with Gasteiger partial charge in [-0.05, 0) is 51.9 Å². The molecule has 0 amide bonds. The van der Waals surface area contributed by atoms with Gasteiger partial charge in [-0.2, -0.15) is 0 Å². The Morgan fingerprint density at radius 1 is 1.06 bits per heavy atom. The van der Waals surface area contributed by atoms with Gasteiger partial charge < -0.3 is 5.32 Å². The van der Waals surface area contributed by atoms with Gasteiger partial charge in [0, 0.05) is 30.7 Å². The highest BCUT2D eigenvalue weighted by Crippen LogP contribution is 2.40. The summed E-state index contributed by atoms with van der Waals surface area (Å²) >= 11 is 0. The number of nitrogens with one attached hydrogen (secondary N) is 1. The monoisotopic (exact) mass is 250 g/mol. The second kappa shape index (κ2) is 5.13. The largest absolute Gasteiger partial charge is 0.311 e. The van der Waals surface area contributed by atoms with Crippen LogP contribution in [0.15, 0.2) is 0 Å². The van der Waals surface area contributed by atoms with Gasteiger partial charge in [-0.1, -0.05) is 19.3 Å². The summed E-state index contributed by atoms with van der Waals surface area (Å²) < 4.78 is 0. The lowest BCUT2D eigenvalue weighted by atomic mass is 9.74. The zero-order chi connectivity index (χ0) is 12.6. The Morgan fingerprint density at radius 3 is 2.39 bits per heavy atom. The van der Waals surface area contributed by atoms with Crippen molar-refractivity contribution in [2.45, 2.75) is 82.8 Å². The molecule has 2 atom stereocenters. The van der Waals surface area contributed by atoms with Crippen LogP contribution in [0.5, 0.6) is 0 Å². The standard InChI is InChI=1S/C16H30N2/c1-13-11-17-15(14-7-4-3-5-8-14)12-18(13)16(2)9-6-10-16/h13-15,17H,3-12H2,1-2H3. The van der Waals surface area contributed by atoms with Crippen LogP contribution >= 0.6 is 0 Å². The van der Waals surface area contributed by atoms with Crippen molar-refractivity contribution in [2.75, 3.05) is 13.1 Å². The maximum Gasteiger partial charge on any atom is 0.0224 e. The molecule has 0 radical (unpaired) electrons. The zero-order valence-electron chi connectivity index (χ0n) is 12.3. The van der Waals surface area contributed by atoms with Crippen LogP contribution in [0.2, 0.25) is 0 Å². The Bertz CT molecular complexity index is 279. The Balaban J connectivity index is 1.64. The normalized spacial score (nSPS) is 38.3. The van der Waals surface area contributed by atoms with Gasteiger partial charge in [0.1, 0.15) is 0 Å². The molecule has 1 heterocycles. The molecule has 3 rings (SSSR count). The number of nitrogens with zero attached hydrogens (tertiary/aromatic N) is 1. The van der Waals surface area contributed by atoms with E-state index in [1.54, 1.807) is 0 Å². The minimum atomic E-state index is 0.536. The van der Waals surface area contributed by atoms with Crippen molar-refractivity contribution >= 4 is 0 Å². The Kier molecular flexibility index (Phi) is 3.68. The van der Waals surface area contributed by atoms with Gasteiger partial charge in [0.2, 0.25) is 0 Å². The molecule has 0 bridgehead atoms. The predicted molar refractivity (Wildman–Crippen MR) is 76.8 cm³/mol. The zero-order valence-corrected chi connectivity index (χ0v) is 12.3. The van der Waals surface area contributed by atoms with Crippen LogP contribution in [0.4, 0.5) is 0 Å². The van der Waals surface area contributed by atoms with E-state index in [1.165, 1.54) is 64.5 Å². The van der Waals surface area contributed by atoms with Crippen LogP contribution < -0.4 is 5.32 Å². The van der Waals surface area contributed by atoms with Gasteiger partial charge in [-0.3, -0.25) is 4.90 Å². The number of piperazine rings is 1. The molecule has 3 fully saturated rings. The predicted octanol–water partition coefficient (Wildman–Crippen LogP) is 3.17. The van der Waals surface area contributed by atoms with E-state index in [4.69, 9.17) is 0 Å². The van der Waals surface area contributed by atoms with Crippen molar-refractivity contribution in [3.8, 4) is 0 Å². The van der Waals surface area contributed by atoms with Crippen LogP contribution in [0.25, 0.3) is 0 Å². The highest BCUT2D eigenvalue weighted by Gasteiger charge is 2.43. The highest BCUT2D eigenvalue weighted by atomic mass is 15.3. The third kappa shape index (κ3) is 2.34. The molecular formula is C16H30N2. The molecule has 0 aromatic carbocycles. The van der Waals surface area contributed by atoms with E-state index in [0.717, 1.165) is 18.0 Å². The average Bonchev–Trinajstić information content (AvgIpc) is 2.38. The smallest absolute Gasteiger partial charge is 0.0224 e. The molecule has 0 aromatic rings. The van der Waals surface area contributed by atoms with Crippen molar-refractivity contribution in [3.05, 3.63) is 0 Å². The second-order valence-electron chi connectivity index (χ2n) is 7.26. The first kappa shape index (κ1) is 12.9. The minimum absolute atomic E-state index is 0.536. The van der Waals surface area contributed by atoms with Gasteiger partial charge >= 0.3 is 0 Å². The van der Waals surface area contributed by atoms with E-state index in [0.29, 0.717) is 5.54 Å². The fourth-order valence-electron chi connectivity index (χ4n) is 4.47. The van der Waals surface area contributed by atoms with E-state index < -0.39 is 0 Å². The summed E-state index contributed by atoms with van der Waals surface area (Å²) in [6.07, 6.45) is 11.6. The van der Waals surface area contributed by atoms with Crippen LogP contribution in [0.1, 0.15) is 65.2 Å². The summed E-state index contributed by atoms with van der Waals surface area (Å²) in [6, 6.07) is 1.51. The molecule has 2 unspecified atom stereocenters. The number of rotatable bonds is 2. The van der Waals surface area contributed by atoms with Crippen molar-refractivity contribution in [1.29, 1.82) is 0 Å². The Morgan fingerprint density at radius 2 is 1.78 bits per heavy atom. The molecule has 2 aliphatic carbocycles. The van der Waals surface area contributed by atoms with Crippen LogP contribution in [-0.2, 0) is 0 Å². The van der Waals surface area contributed by atoms with Gasteiger partial charge in [0.15, 0.2) is 0 Å². The topological polar surface area (TPSA) is 15.3 Å². The highest BCUT2D eigenvalue weighted by molar-refractivity contribution is 5.01. The minimum Gasteiger partial charge on any atom is -0.311 e. The van der Waals surface area contributed by atoms with Crippen molar-refractivity contribution in [3.63, 3.8) is 0 Å². The van der Waals surface area contributed by atoms with Gasteiger partial charge in [-0.25, -0.2) is 0 Å².